The van der Waals surface area contributed by atoms with Gasteiger partial charge in [0.2, 0.25) is 0 Å². The van der Waals surface area contributed by atoms with E-state index < -0.39 is 26.7 Å². The third-order valence-corrected chi connectivity index (χ3v) is 5.64. The van der Waals surface area contributed by atoms with E-state index in [4.69, 9.17) is 10.2 Å². The summed E-state index contributed by atoms with van der Waals surface area (Å²) < 4.78 is 31.7. The number of hydrogen-bond acceptors (Lipinski definition) is 7. The third kappa shape index (κ3) is 3.60. The molecule has 10 heteroatoms. The molecular formula is C11H13N3O5S2. The van der Waals surface area contributed by atoms with Crippen LogP contribution in [-0.4, -0.2) is 19.4 Å². The fourth-order valence-electron chi connectivity index (χ4n) is 1.74. The second-order valence-corrected chi connectivity index (χ2v) is 7.40. The molecule has 1 atom stereocenters. The van der Waals surface area contributed by atoms with Gasteiger partial charge in [0.15, 0.2) is 5.00 Å². The van der Waals surface area contributed by atoms with Crippen LogP contribution in [-0.2, 0) is 16.4 Å². The summed E-state index contributed by atoms with van der Waals surface area (Å²) in [6, 6.07) is 3.98. The number of furan rings is 1. The van der Waals surface area contributed by atoms with Crippen molar-refractivity contribution in [1.29, 1.82) is 0 Å². The lowest BCUT2D eigenvalue weighted by Crippen LogP contribution is -2.33. The monoisotopic (exact) mass is 331 g/mol. The summed E-state index contributed by atoms with van der Waals surface area (Å²) in [6.07, 6.45) is 1.87. The lowest BCUT2D eigenvalue weighted by Gasteiger charge is -2.11. The first kappa shape index (κ1) is 15.5. The molecule has 0 fully saturated rings. The molecule has 2 heterocycles. The van der Waals surface area contributed by atoms with Gasteiger partial charge in [0.05, 0.1) is 11.2 Å². The minimum Gasteiger partial charge on any atom is -0.469 e. The number of nitrogen functional groups attached to an aromatic ring is 1. The van der Waals surface area contributed by atoms with Gasteiger partial charge in [-0.3, -0.25) is 10.1 Å². The molecule has 0 bridgehead atoms. The van der Waals surface area contributed by atoms with E-state index >= 15 is 0 Å². The van der Waals surface area contributed by atoms with Gasteiger partial charge in [-0.1, -0.05) is 11.3 Å². The van der Waals surface area contributed by atoms with E-state index in [1.54, 1.807) is 19.1 Å². The van der Waals surface area contributed by atoms with Crippen molar-refractivity contribution in [3.63, 3.8) is 0 Å². The van der Waals surface area contributed by atoms with E-state index in [1.807, 2.05) is 0 Å². The largest absolute Gasteiger partial charge is 0.469 e. The van der Waals surface area contributed by atoms with E-state index in [0.29, 0.717) is 23.5 Å². The predicted octanol–water partition coefficient (Wildman–Crippen LogP) is 1.74. The number of nitrogens with one attached hydrogen (secondary N) is 1. The molecule has 0 aliphatic carbocycles. The zero-order chi connectivity index (χ0) is 15.6. The van der Waals surface area contributed by atoms with Gasteiger partial charge in [-0.2, -0.15) is 0 Å². The summed E-state index contributed by atoms with van der Waals surface area (Å²) in [5.41, 5.74) is 5.05. The quantitative estimate of drug-likeness (QED) is 0.613. The standard InChI is InChI=1S/C11H13N3O5S2/c1-7(5-8-3-2-4-19-8)13-21(17,18)10-6-9(14(15)16)11(12)20-10/h2-4,6-7,13H,5,12H2,1H3. The minimum atomic E-state index is -3.86. The molecule has 114 valence electrons. The maximum atomic E-state index is 12.1. The van der Waals surface area contributed by atoms with Crippen molar-refractivity contribution in [2.24, 2.45) is 0 Å². The molecule has 0 spiro atoms. The summed E-state index contributed by atoms with van der Waals surface area (Å²) in [4.78, 5) is 9.99. The van der Waals surface area contributed by atoms with Crippen molar-refractivity contribution in [2.45, 2.75) is 23.6 Å². The molecule has 8 nitrogen and oxygen atoms in total. The van der Waals surface area contributed by atoms with Crippen molar-refractivity contribution in [3.8, 4) is 0 Å². The Morgan fingerprint density at radius 2 is 2.29 bits per heavy atom. The SMILES string of the molecule is CC(Cc1ccco1)NS(=O)(=O)c1cc([N+](=O)[O-])c(N)s1. The summed E-state index contributed by atoms with van der Waals surface area (Å²) in [6.45, 7) is 1.67. The van der Waals surface area contributed by atoms with E-state index in [1.165, 1.54) is 6.26 Å². The van der Waals surface area contributed by atoms with E-state index in [9.17, 15) is 18.5 Å². The van der Waals surface area contributed by atoms with Crippen LogP contribution in [0, 0.1) is 10.1 Å². The molecule has 0 saturated heterocycles. The Bertz CT molecular complexity index is 736. The average molecular weight is 331 g/mol. The van der Waals surface area contributed by atoms with Crippen molar-refractivity contribution < 1.29 is 17.8 Å². The van der Waals surface area contributed by atoms with Gasteiger partial charge in [0.1, 0.15) is 9.97 Å². The summed E-state index contributed by atoms with van der Waals surface area (Å²) in [5, 5.41) is 10.6. The van der Waals surface area contributed by atoms with Crippen LogP contribution in [0.4, 0.5) is 10.7 Å². The molecule has 0 saturated carbocycles. The van der Waals surface area contributed by atoms with Crippen LogP contribution in [0.2, 0.25) is 0 Å². The van der Waals surface area contributed by atoms with Crippen LogP contribution in [0.3, 0.4) is 0 Å². The number of nitrogens with two attached hydrogens (primary N) is 1. The summed E-state index contributed by atoms with van der Waals surface area (Å²) >= 11 is 0.662. The topological polar surface area (TPSA) is 128 Å². The molecule has 21 heavy (non-hydrogen) atoms. The second kappa shape index (κ2) is 5.84. The van der Waals surface area contributed by atoms with Crippen molar-refractivity contribution in [2.75, 3.05) is 5.73 Å². The fraction of sp³-hybridized carbons (Fsp3) is 0.273. The molecule has 2 rings (SSSR count). The fourth-order valence-corrected chi connectivity index (χ4v) is 4.22. The van der Waals surface area contributed by atoms with E-state index in [2.05, 4.69) is 4.72 Å². The number of sulfonamides is 1. The first-order valence-electron chi connectivity index (χ1n) is 5.88. The van der Waals surface area contributed by atoms with Crippen LogP contribution >= 0.6 is 11.3 Å². The molecule has 1 unspecified atom stereocenters. The van der Waals surface area contributed by atoms with E-state index in [0.717, 1.165) is 6.07 Å². The number of nitrogens with zero attached hydrogens (tertiary/aromatic N) is 1. The number of thiophene rings is 1. The van der Waals surface area contributed by atoms with Gasteiger partial charge < -0.3 is 10.2 Å². The van der Waals surface area contributed by atoms with Crippen LogP contribution in [0.1, 0.15) is 12.7 Å². The van der Waals surface area contributed by atoms with Gasteiger partial charge in [0, 0.05) is 18.5 Å². The highest BCUT2D eigenvalue weighted by molar-refractivity contribution is 7.91. The highest BCUT2D eigenvalue weighted by atomic mass is 32.2. The van der Waals surface area contributed by atoms with Gasteiger partial charge in [0.25, 0.3) is 10.0 Å². The second-order valence-electron chi connectivity index (χ2n) is 4.38. The van der Waals surface area contributed by atoms with E-state index in [-0.39, 0.29) is 9.21 Å². The Morgan fingerprint density at radius 3 is 2.81 bits per heavy atom. The van der Waals surface area contributed by atoms with Gasteiger partial charge >= 0.3 is 5.69 Å². The molecular weight excluding hydrogens is 318 g/mol. The first-order chi connectivity index (χ1) is 9.79. The lowest BCUT2D eigenvalue weighted by molar-refractivity contribution is -0.383. The Hall–Kier alpha value is -1.91. The number of rotatable bonds is 6. The molecule has 2 aromatic rings. The van der Waals surface area contributed by atoms with Crippen LogP contribution < -0.4 is 10.5 Å². The number of nitro groups is 1. The Balaban J connectivity index is 2.14. The average Bonchev–Trinajstić information content (AvgIpc) is 2.97. The number of anilines is 1. The minimum absolute atomic E-state index is 0.140. The zero-order valence-corrected chi connectivity index (χ0v) is 12.6. The Morgan fingerprint density at radius 1 is 1.57 bits per heavy atom. The Labute approximate surface area is 124 Å². The predicted molar refractivity (Wildman–Crippen MR) is 77.6 cm³/mol. The van der Waals surface area contributed by atoms with Gasteiger partial charge in [-0.25, -0.2) is 13.1 Å². The molecule has 2 aromatic heterocycles. The third-order valence-electron chi connectivity index (χ3n) is 2.62. The zero-order valence-electron chi connectivity index (χ0n) is 11.0. The first-order valence-corrected chi connectivity index (χ1v) is 8.18. The summed E-state index contributed by atoms with van der Waals surface area (Å²) in [5.74, 6) is 0.641. The molecule has 3 N–H and O–H groups in total. The molecule has 0 aromatic carbocycles. The molecule has 0 amide bonds. The smallest absolute Gasteiger partial charge is 0.304 e. The molecule has 0 radical (unpaired) electrons. The maximum Gasteiger partial charge on any atom is 0.304 e. The van der Waals surface area contributed by atoms with Crippen molar-refractivity contribution in [3.05, 3.63) is 40.3 Å². The van der Waals surface area contributed by atoms with Crippen LogP contribution in [0.25, 0.3) is 0 Å². The number of hydrogen-bond donors (Lipinski definition) is 2. The highest BCUT2D eigenvalue weighted by Crippen LogP contribution is 2.34. The maximum absolute atomic E-state index is 12.1. The normalized spacial score (nSPS) is 13.2. The van der Waals surface area contributed by atoms with Gasteiger partial charge in [-0.15, -0.1) is 0 Å². The molecule has 0 aliphatic heterocycles. The Kier molecular flexibility index (Phi) is 4.30. The lowest BCUT2D eigenvalue weighted by atomic mass is 10.2. The highest BCUT2D eigenvalue weighted by Gasteiger charge is 2.26. The van der Waals surface area contributed by atoms with Crippen molar-refractivity contribution >= 4 is 32.0 Å². The van der Waals surface area contributed by atoms with Crippen LogP contribution in [0.15, 0.2) is 33.1 Å². The molecule has 0 aliphatic rings. The summed E-state index contributed by atoms with van der Waals surface area (Å²) in [7, 11) is -3.86. The van der Waals surface area contributed by atoms with Crippen LogP contribution in [0.5, 0.6) is 0 Å². The van der Waals surface area contributed by atoms with Gasteiger partial charge in [-0.05, 0) is 19.1 Å². The van der Waals surface area contributed by atoms with Crippen molar-refractivity contribution in [1.82, 2.24) is 4.72 Å².